The maximum absolute atomic E-state index is 11.6. The summed E-state index contributed by atoms with van der Waals surface area (Å²) in [6.07, 6.45) is 2.82. The van der Waals surface area contributed by atoms with Crippen molar-refractivity contribution < 1.29 is 9.59 Å². The molecular formula is C12H23N3O2. The minimum absolute atomic E-state index is 0.00561. The smallest absolute Gasteiger partial charge is 0.237 e. The van der Waals surface area contributed by atoms with E-state index in [0.29, 0.717) is 0 Å². The Hall–Kier alpha value is -1.10. The zero-order valence-corrected chi connectivity index (χ0v) is 10.9. The van der Waals surface area contributed by atoms with Crippen molar-refractivity contribution in [1.82, 2.24) is 16.0 Å². The fourth-order valence-electron chi connectivity index (χ4n) is 1.81. The van der Waals surface area contributed by atoms with Crippen molar-refractivity contribution in [3.63, 3.8) is 0 Å². The Morgan fingerprint density at radius 2 is 2.12 bits per heavy atom. The first kappa shape index (κ1) is 14.0. The Morgan fingerprint density at radius 3 is 2.76 bits per heavy atom. The number of rotatable bonds is 3. The molecule has 1 saturated heterocycles. The van der Waals surface area contributed by atoms with Crippen LogP contribution in [-0.4, -0.2) is 36.5 Å². The quantitative estimate of drug-likeness (QED) is 0.659. The molecule has 17 heavy (non-hydrogen) atoms. The minimum atomic E-state index is -0.233. The first-order valence-electron chi connectivity index (χ1n) is 6.20. The molecule has 5 nitrogen and oxygen atoms in total. The lowest BCUT2D eigenvalue weighted by molar-refractivity contribution is -0.124. The first-order chi connectivity index (χ1) is 7.88. The van der Waals surface area contributed by atoms with E-state index in [0.717, 1.165) is 25.8 Å². The van der Waals surface area contributed by atoms with Crippen LogP contribution < -0.4 is 16.0 Å². The number of nitrogens with one attached hydrogen (secondary N) is 3. The first-order valence-corrected chi connectivity index (χ1v) is 6.20. The van der Waals surface area contributed by atoms with E-state index in [9.17, 15) is 9.59 Å². The summed E-state index contributed by atoms with van der Waals surface area (Å²) in [6.45, 7) is 6.73. The van der Waals surface area contributed by atoms with Gasteiger partial charge < -0.3 is 10.6 Å². The van der Waals surface area contributed by atoms with Crippen molar-refractivity contribution in [3.8, 4) is 0 Å². The van der Waals surface area contributed by atoms with Crippen LogP contribution in [0, 0.1) is 0 Å². The monoisotopic (exact) mass is 241 g/mol. The molecule has 0 radical (unpaired) electrons. The van der Waals surface area contributed by atoms with Crippen LogP contribution in [0.15, 0.2) is 0 Å². The molecule has 0 spiro atoms. The molecule has 98 valence electrons. The van der Waals surface area contributed by atoms with Gasteiger partial charge in [-0.2, -0.15) is 0 Å². The van der Waals surface area contributed by atoms with Crippen LogP contribution >= 0.6 is 0 Å². The molecule has 1 aliphatic rings. The summed E-state index contributed by atoms with van der Waals surface area (Å²) >= 11 is 0. The van der Waals surface area contributed by atoms with Gasteiger partial charge in [0.1, 0.15) is 0 Å². The highest BCUT2D eigenvalue weighted by Gasteiger charge is 2.21. The number of carbonyl (C=O) groups excluding carboxylic acids is 2. The maximum Gasteiger partial charge on any atom is 0.237 e. The molecule has 0 aromatic heterocycles. The number of carbonyl (C=O) groups is 2. The predicted octanol–water partition coefficient (Wildman–Crippen LogP) is 0.159. The van der Waals surface area contributed by atoms with Crippen molar-refractivity contribution >= 4 is 11.8 Å². The molecule has 1 unspecified atom stereocenters. The van der Waals surface area contributed by atoms with Crippen LogP contribution in [0.5, 0.6) is 0 Å². The molecule has 0 saturated carbocycles. The Labute approximate surface area is 103 Å². The van der Waals surface area contributed by atoms with Crippen molar-refractivity contribution in [3.05, 3.63) is 0 Å². The van der Waals surface area contributed by atoms with Gasteiger partial charge in [0.2, 0.25) is 11.8 Å². The maximum atomic E-state index is 11.6. The summed E-state index contributed by atoms with van der Waals surface area (Å²) < 4.78 is 0. The predicted molar refractivity (Wildman–Crippen MR) is 66.5 cm³/mol. The van der Waals surface area contributed by atoms with Gasteiger partial charge in [0.25, 0.3) is 0 Å². The van der Waals surface area contributed by atoms with Gasteiger partial charge in [0.05, 0.1) is 12.6 Å². The van der Waals surface area contributed by atoms with Crippen LogP contribution in [0.2, 0.25) is 0 Å². The van der Waals surface area contributed by atoms with Crippen LogP contribution in [0.3, 0.4) is 0 Å². The highest BCUT2D eigenvalue weighted by Crippen LogP contribution is 2.05. The highest BCUT2D eigenvalue weighted by atomic mass is 16.2. The van der Waals surface area contributed by atoms with Crippen LogP contribution in [0.25, 0.3) is 0 Å². The fourth-order valence-corrected chi connectivity index (χ4v) is 1.81. The number of hydrogen-bond donors (Lipinski definition) is 3. The molecule has 5 heteroatoms. The summed E-state index contributed by atoms with van der Waals surface area (Å²) in [7, 11) is 0. The lowest BCUT2D eigenvalue weighted by Gasteiger charge is -2.22. The summed E-state index contributed by atoms with van der Waals surface area (Å²) in [5, 5.41) is 8.70. The van der Waals surface area contributed by atoms with Crippen molar-refractivity contribution in [2.24, 2.45) is 0 Å². The topological polar surface area (TPSA) is 70.2 Å². The summed E-state index contributed by atoms with van der Waals surface area (Å²) in [4.78, 5) is 23.2. The van der Waals surface area contributed by atoms with Gasteiger partial charge in [-0.1, -0.05) is 0 Å². The summed E-state index contributed by atoms with van der Waals surface area (Å²) in [5.41, 5.74) is -0.232. The van der Waals surface area contributed by atoms with Crippen molar-refractivity contribution in [1.29, 1.82) is 0 Å². The van der Waals surface area contributed by atoms with E-state index in [1.165, 1.54) is 0 Å². The second-order valence-electron chi connectivity index (χ2n) is 5.52. The van der Waals surface area contributed by atoms with Gasteiger partial charge in [0.15, 0.2) is 0 Å². The standard InChI is InChI=1S/C12H23N3O2/c1-12(2,3)15-10(16)8-14-9-6-4-5-7-13-11(9)17/h9,14H,4-8H2,1-3H3,(H,13,17)(H,15,16). The third-order valence-electron chi connectivity index (χ3n) is 2.56. The molecule has 0 aromatic rings. The average molecular weight is 241 g/mol. The Kier molecular flexibility index (Phi) is 4.93. The molecule has 2 amide bonds. The summed E-state index contributed by atoms with van der Waals surface area (Å²) in [5.74, 6) is -0.0689. The largest absolute Gasteiger partial charge is 0.355 e. The van der Waals surface area contributed by atoms with E-state index in [1.54, 1.807) is 0 Å². The van der Waals surface area contributed by atoms with E-state index in [4.69, 9.17) is 0 Å². The van der Waals surface area contributed by atoms with Crippen LogP contribution in [0.4, 0.5) is 0 Å². The molecule has 1 rings (SSSR count). The molecule has 1 atom stereocenters. The third kappa shape index (κ3) is 5.68. The lowest BCUT2D eigenvalue weighted by atomic mass is 10.1. The SMILES string of the molecule is CC(C)(C)NC(=O)CNC1CCCCNC1=O. The van der Waals surface area contributed by atoms with Crippen LogP contribution in [-0.2, 0) is 9.59 Å². The van der Waals surface area contributed by atoms with E-state index in [-0.39, 0.29) is 29.9 Å². The number of hydrogen-bond acceptors (Lipinski definition) is 3. The number of amides is 2. The Morgan fingerprint density at radius 1 is 1.41 bits per heavy atom. The molecule has 3 N–H and O–H groups in total. The molecule has 0 bridgehead atoms. The third-order valence-corrected chi connectivity index (χ3v) is 2.56. The fraction of sp³-hybridized carbons (Fsp3) is 0.833. The molecule has 1 aliphatic heterocycles. The highest BCUT2D eigenvalue weighted by molar-refractivity contribution is 5.83. The van der Waals surface area contributed by atoms with E-state index < -0.39 is 0 Å². The summed E-state index contributed by atoms with van der Waals surface area (Å²) in [6, 6.07) is -0.233. The zero-order valence-electron chi connectivity index (χ0n) is 10.9. The lowest BCUT2D eigenvalue weighted by Crippen LogP contribution is -2.49. The molecular weight excluding hydrogens is 218 g/mol. The van der Waals surface area contributed by atoms with Gasteiger partial charge >= 0.3 is 0 Å². The van der Waals surface area contributed by atoms with E-state index in [2.05, 4.69) is 16.0 Å². The second-order valence-corrected chi connectivity index (χ2v) is 5.52. The molecule has 0 aliphatic carbocycles. The van der Waals surface area contributed by atoms with E-state index in [1.807, 2.05) is 20.8 Å². The van der Waals surface area contributed by atoms with Crippen molar-refractivity contribution in [2.75, 3.05) is 13.1 Å². The Balaban J connectivity index is 2.33. The molecule has 1 fully saturated rings. The minimum Gasteiger partial charge on any atom is -0.355 e. The van der Waals surface area contributed by atoms with Gasteiger partial charge in [-0.15, -0.1) is 0 Å². The van der Waals surface area contributed by atoms with E-state index >= 15 is 0 Å². The van der Waals surface area contributed by atoms with Crippen LogP contribution in [0.1, 0.15) is 40.0 Å². The van der Waals surface area contributed by atoms with Gasteiger partial charge in [-0.25, -0.2) is 0 Å². The van der Waals surface area contributed by atoms with Gasteiger partial charge in [-0.05, 0) is 40.0 Å². The van der Waals surface area contributed by atoms with Gasteiger partial charge in [-0.3, -0.25) is 14.9 Å². The average Bonchev–Trinajstić information content (AvgIpc) is 2.37. The van der Waals surface area contributed by atoms with Gasteiger partial charge in [0, 0.05) is 12.1 Å². The van der Waals surface area contributed by atoms with Crippen molar-refractivity contribution in [2.45, 2.75) is 51.6 Å². The second kappa shape index (κ2) is 6.00. The molecule has 0 aromatic carbocycles. The molecule has 1 heterocycles. The normalized spacial score (nSPS) is 21.6. The Bertz CT molecular complexity index is 284. The zero-order chi connectivity index (χ0) is 12.9.